The van der Waals surface area contributed by atoms with Gasteiger partial charge in [-0.05, 0) is 31.5 Å². The maximum absolute atomic E-state index is 9.22. The van der Waals surface area contributed by atoms with E-state index in [-0.39, 0.29) is 5.75 Å². The first kappa shape index (κ1) is 13.9. The molecule has 1 aromatic heterocycles. The van der Waals surface area contributed by atoms with Crippen molar-refractivity contribution in [2.45, 2.75) is 33.5 Å². The summed E-state index contributed by atoms with van der Waals surface area (Å²) in [7, 11) is 0. The van der Waals surface area contributed by atoms with Gasteiger partial charge in [-0.15, -0.1) is 0 Å². The monoisotopic (exact) mass is 279 g/mol. The lowest BCUT2D eigenvalue weighted by atomic mass is 10.2. The first-order valence-electron chi connectivity index (χ1n) is 6.32. The highest BCUT2D eigenvalue weighted by atomic mass is 35.5. The summed E-state index contributed by atoms with van der Waals surface area (Å²) in [6.45, 7) is 6.17. The number of nitrogens with one attached hydrogen (secondary N) is 1. The molecule has 0 unspecified atom stereocenters. The van der Waals surface area contributed by atoms with Gasteiger partial charge in [0, 0.05) is 19.6 Å². The number of aromatic nitrogens is 2. The fourth-order valence-corrected chi connectivity index (χ4v) is 2.18. The predicted molar refractivity (Wildman–Crippen MR) is 76.3 cm³/mol. The fraction of sp³-hybridized carbons (Fsp3) is 0.357. The van der Waals surface area contributed by atoms with Crippen molar-refractivity contribution >= 4 is 11.6 Å². The first-order valence-corrected chi connectivity index (χ1v) is 6.70. The van der Waals surface area contributed by atoms with Gasteiger partial charge in [0.15, 0.2) is 0 Å². The maximum atomic E-state index is 9.22. The number of hydrogen-bond acceptors (Lipinski definition) is 3. The fourth-order valence-electron chi connectivity index (χ4n) is 1.98. The molecule has 0 spiro atoms. The van der Waals surface area contributed by atoms with Crippen molar-refractivity contribution in [1.29, 1.82) is 0 Å². The van der Waals surface area contributed by atoms with E-state index in [4.69, 9.17) is 11.6 Å². The molecule has 0 aliphatic heterocycles. The summed E-state index contributed by atoms with van der Waals surface area (Å²) >= 11 is 6.24. The molecule has 2 aromatic rings. The van der Waals surface area contributed by atoms with Crippen LogP contribution in [-0.4, -0.2) is 14.9 Å². The van der Waals surface area contributed by atoms with Crippen molar-refractivity contribution in [3.63, 3.8) is 0 Å². The van der Waals surface area contributed by atoms with Crippen molar-refractivity contribution in [1.82, 2.24) is 15.1 Å². The molecular formula is C14H18ClN3O. The molecule has 0 amide bonds. The molecule has 1 aromatic carbocycles. The van der Waals surface area contributed by atoms with Gasteiger partial charge in [0.05, 0.1) is 16.4 Å². The molecule has 0 aliphatic carbocycles. The number of aryl methyl sites for hydroxylation is 2. The Morgan fingerprint density at radius 1 is 1.26 bits per heavy atom. The van der Waals surface area contributed by atoms with E-state index in [2.05, 4.69) is 10.4 Å². The van der Waals surface area contributed by atoms with Gasteiger partial charge in [-0.25, -0.2) is 0 Å². The largest absolute Gasteiger partial charge is 0.508 e. The molecule has 5 heteroatoms. The Balaban J connectivity index is 1.97. The molecule has 102 valence electrons. The Bertz CT molecular complexity index is 549. The molecule has 0 saturated heterocycles. The Morgan fingerprint density at radius 3 is 2.58 bits per heavy atom. The molecule has 2 N–H and O–H groups in total. The summed E-state index contributed by atoms with van der Waals surface area (Å²) in [5.74, 6) is 0.284. The zero-order valence-corrected chi connectivity index (χ0v) is 11.9. The topological polar surface area (TPSA) is 50.1 Å². The van der Waals surface area contributed by atoms with E-state index >= 15 is 0 Å². The summed E-state index contributed by atoms with van der Waals surface area (Å²) in [5.41, 5.74) is 3.00. The second-order valence-electron chi connectivity index (χ2n) is 4.43. The summed E-state index contributed by atoms with van der Waals surface area (Å²) in [6.07, 6.45) is 0. The second-order valence-corrected chi connectivity index (χ2v) is 4.81. The SMILES string of the molecule is CCn1nc(C)c(Cl)c1CNCc1ccc(O)cc1. The highest BCUT2D eigenvalue weighted by Crippen LogP contribution is 2.20. The zero-order chi connectivity index (χ0) is 13.8. The van der Waals surface area contributed by atoms with Crippen LogP contribution >= 0.6 is 11.6 Å². The lowest BCUT2D eigenvalue weighted by Gasteiger charge is -2.07. The van der Waals surface area contributed by atoms with E-state index in [1.807, 2.05) is 30.7 Å². The van der Waals surface area contributed by atoms with Crippen molar-refractivity contribution in [3.8, 4) is 5.75 Å². The molecular weight excluding hydrogens is 262 g/mol. The van der Waals surface area contributed by atoms with Crippen LogP contribution in [0.1, 0.15) is 23.9 Å². The Morgan fingerprint density at radius 2 is 1.95 bits per heavy atom. The minimum absolute atomic E-state index is 0.284. The third kappa shape index (κ3) is 3.28. The third-order valence-electron chi connectivity index (χ3n) is 3.01. The molecule has 0 aliphatic rings. The van der Waals surface area contributed by atoms with Gasteiger partial charge in [-0.3, -0.25) is 4.68 Å². The van der Waals surface area contributed by atoms with Crippen molar-refractivity contribution in [2.75, 3.05) is 0 Å². The average Bonchev–Trinajstić information content (AvgIpc) is 2.68. The van der Waals surface area contributed by atoms with Crippen LogP contribution in [0.15, 0.2) is 24.3 Å². The van der Waals surface area contributed by atoms with E-state index in [0.717, 1.165) is 35.1 Å². The molecule has 2 rings (SSSR count). The molecule has 0 fully saturated rings. The highest BCUT2D eigenvalue weighted by Gasteiger charge is 2.11. The van der Waals surface area contributed by atoms with Crippen LogP contribution in [0.5, 0.6) is 5.75 Å². The summed E-state index contributed by atoms with van der Waals surface area (Å²) in [4.78, 5) is 0. The van der Waals surface area contributed by atoms with E-state index in [9.17, 15) is 5.11 Å². The van der Waals surface area contributed by atoms with Gasteiger partial charge in [-0.1, -0.05) is 23.7 Å². The Kier molecular flexibility index (Phi) is 4.45. The molecule has 4 nitrogen and oxygen atoms in total. The van der Waals surface area contributed by atoms with E-state index in [1.54, 1.807) is 12.1 Å². The van der Waals surface area contributed by atoms with E-state index < -0.39 is 0 Å². The van der Waals surface area contributed by atoms with Crippen molar-refractivity contribution in [2.24, 2.45) is 0 Å². The number of nitrogens with zero attached hydrogens (tertiary/aromatic N) is 2. The molecule has 0 atom stereocenters. The van der Waals surface area contributed by atoms with E-state index in [0.29, 0.717) is 6.54 Å². The average molecular weight is 280 g/mol. The maximum Gasteiger partial charge on any atom is 0.115 e. The number of halogens is 1. The Hall–Kier alpha value is -1.52. The summed E-state index contributed by atoms with van der Waals surface area (Å²) in [5, 5.41) is 17.7. The minimum Gasteiger partial charge on any atom is -0.508 e. The van der Waals surface area contributed by atoms with Gasteiger partial charge in [0.25, 0.3) is 0 Å². The van der Waals surface area contributed by atoms with Gasteiger partial charge in [-0.2, -0.15) is 5.10 Å². The van der Waals surface area contributed by atoms with Crippen LogP contribution in [0.3, 0.4) is 0 Å². The summed E-state index contributed by atoms with van der Waals surface area (Å²) < 4.78 is 1.92. The third-order valence-corrected chi connectivity index (χ3v) is 3.50. The van der Waals surface area contributed by atoms with Crippen LogP contribution in [0, 0.1) is 6.92 Å². The Labute approximate surface area is 118 Å². The standard InChI is InChI=1S/C14H18ClN3O/c1-3-18-13(14(15)10(2)17-18)9-16-8-11-4-6-12(19)7-5-11/h4-7,16,19H,3,8-9H2,1-2H3. The molecule has 0 radical (unpaired) electrons. The number of hydrogen-bond donors (Lipinski definition) is 2. The number of phenolic OH excluding ortho intramolecular Hbond substituents is 1. The normalized spacial score (nSPS) is 10.9. The molecule has 19 heavy (non-hydrogen) atoms. The van der Waals surface area contributed by atoms with Gasteiger partial charge < -0.3 is 10.4 Å². The van der Waals surface area contributed by atoms with Gasteiger partial charge in [0.1, 0.15) is 5.75 Å². The zero-order valence-electron chi connectivity index (χ0n) is 11.2. The van der Waals surface area contributed by atoms with Crippen LogP contribution in [-0.2, 0) is 19.6 Å². The lowest BCUT2D eigenvalue weighted by Crippen LogP contribution is -2.16. The number of rotatable bonds is 5. The second kappa shape index (κ2) is 6.08. The van der Waals surface area contributed by atoms with Crippen molar-refractivity contribution < 1.29 is 5.11 Å². The van der Waals surface area contributed by atoms with E-state index in [1.165, 1.54) is 0 Å². The minimum atomic E-state index is 0.284. The van der Waals surface area contributed by atoms with Gasteiger partial charge in [0.2, 0.25) is 0 Å². The van der Waals surface area contributed by atoms with Crippen LogP contribution in [0.4, 0.5) is 0 Å². The van der Waals surface area contributed by atoms with Crippen molar-refractivity contribution in [3.05, 3.63) is 46.2 Å². The van der Waals surface area contributed by atoms with Gasteiger partial charge >= 0.3 is 0 Å². The number of phenols is 1. The quantitative estimate of drug-likeness (QED) is 0.885. The molecule has 0 saturated carbocycles. The molecule has 0 bridgehead atoms. The lowest BCUT2D eigenvalue weighted by molar-refractivity contribution is 0.475. The van der Waals surface area contributed by atoms with Crippen LogP contribution < -0.4 is 5.32 Å². The van der Waals surface area contributed by atoms with Crippen LogP contribution in [0.25, 0.3) is 0 Å². The first-order chi connectivity index (χ1) is 9.11. The number of aromatic hydroxyl groups is 1. The number of benzene rings is 1. The smallest absolute Gasteiger partial charge is 0.115 e. The predicted octanol–water partition coefficient (Wildman–Crippen LogP) is 2.86. The molecule has 1 heterocycles. The van der Waals surface area contributed by atoms with Crippen LogP contribution in [0.2, 0.25) is 5.02 Å². The highest BCUT2D eigenvalue weighted by molar-refractivity contribution is 6.31. The summed E-state index contributed by atoms with van der Waals surface area (Å²) in [6, 6.07) is 7.16.